The van der Waals surface area contributed by atoms with Crippen molar-refractivity contribution in [2.45, 2.75) is 12.3 Å². The molecule has 0 aliphatic carbocycles. The van der Waals surface area contributed by atoms with Crippen LogP contribution in [-0.4, -0.2) is 0 Å². The van der Waals surface area contributed by atoms with E-state index in [9.17, 15) is 8.78 Å². The highest BCUT2D eigenvalue weighted by atomic mass is 35.5. The van der Waals surface area contributed by atoms with Gasteiger partial charge in [-0.15, -0.1) is 11.6 Å². The van der Waals surface area contributed by atoms with Gasteiger partial charge in [0.05, 0.1) is 0 Å². The fourth-order valence-electron chi connectivity index (χ4n) is 1.47. The van der Waals surface area contributed by atoms with Crippen molar-refractivity contribution >= 4 is 23.2 Å². The van der Waals surface area contributed by atoms with E-state index >= 15 is 0 Å². The standard InChI is InChI=1S/C12H8Cl2F2O/c1-6-4-9(16)7(5-8(6)15)12(14)10-2-3-11(13)17-10/h2-5,12H,1H3. The Kier molecular flexibility index (Phi) is 3.40. The molecule has 0 amide bonds. The summed E-state index contributed by atoms with van der Waals surface area (Å²) in [5, 5.41) is -0.753. The number of aryl methyl sites for hydroxylation is 1. The molecule has 5 heteroatoms. The molecule has 0 saturated heterocycles. The van der Waals surface area contributed by atoms with Crippen molar-refractivity contribution in [2.75, 3.05) is 0 Å². The molecular weight excluding hydrogens is 269 g/mol. The minimum atomic E-state index is -0.905. The molecule has 0 fully saturated rings. The summed E-state index contributed by atoms with van der Waals surface area (Å²) in [6.45, 7) is 1.48. The lowest BCUT2D eigenvalue weighted by atomic mass is 10.1. The highest BCUT2D eigenvalue weighted by molar-refractivity contribution is 6.29. The molecule has 1 nitrogen and oxygen atoms in total. The normalized spacial score (nSPS) is 12.8. The van der Waals surface area contributed by atoms with E-state index in [2.05, 4.69) is 0 Å². The maximum atomic E-state index is 13.6. The number of halogens is 4. The topological polar surface area (TPSA) is 13.1 Å². The molecule has 0 bridgehead atoms. The van der Waals surface area contributed by atoms with Crippen LogP contribution in [0.5, 0.6) is 0 Å². The van der Waals surface area contributed by atoms with E-state index in [-0.39, 0.29) is 22.1 Å². The Morgan fingerprint density at radius 1 is 1.18 bits per heavy atom. The molecule has 0 aliphatic rings. The van der Waals surface area contributed by atoms with Crippen molar-refractivity contribution in [2.24, 2.45) is 0 Å². The average molecular weight is 277 g/mol. The molecular formula is C12H8Cl2F2O. The van der Waals surface area contributed by atoms with Gasteiger partial charge in [-0.25, -0.2) is 8.78 Å². The van der Waals surface area contributed by atoms with Gasteiger partial charge in [0.2, 0.25) is 0 Å². The van der Waals surface area contributed by atoms with E-state index in [1.54, 1.807) is 0 Å². The van der Waals surface area contributed by atoms with Gasteiger partial charge in [-0.05, 0) is 48.4 Å². The van der Waals surface area contributed by atoms with Crippen LogP contribution >= 0.6 is 23.2 Å². The molecule has 0 aliphatic heterocycles. The van der Waals surface area contributed by atoms with Gasteiger partial charge in [0.25, 0.3) is 0 Å². The second kappa shape index (κ2) is 4.67. The molecule has 1 atom stereocenters. The van der Waals surface area contributed by atoms with Gasteiger partial charge in [0.1, 0.15) is 22.8 Å². The number of benzene rings is 1. The molecule has 0 saturated carbocycles. The zero-order valence-electron chi connectivity index (χ0n) is 8.81. The highest BCUT2D eigenvalue weighted by Crippen LogP contribution is 2.33. The first kappa shape index (κ1) is 12.4. The minimum absolute atomic E-state index is 0.0285. The molecule has 0 radical (unpaired) electrons. The van der Waals surface area contributed by atoms with Crippen LogP contribution in [-0.2, 0) is 0 Å². The Hall–Kier alpha value is -1.06. The quantitative estimate of drug-likeness (QED) is 0.715. The lowest BCUT2D eigenvalue weighted by molar-refractivity contribution is 0.509. The van der Waals surface area contributed by atoms with Crippen molar-refractivity contribution < 1.29 is 13.2 Å². The lowest BCUT2D eigenvalue weighted by Crippen LogP contribution is -1.98. The first-order chi connectivity index (χ1) is 7.99. The van der Waals surface area contributed by atoms with Crippen molar-refractivity contribution in [1.29, 1.82) is 0 Å². The summed E-state index contributed by atoms with van der Waals surface area (Å²) < 4.78 is 32.1. The molecule has 1 aromatic carbocycles. The van der Waals surface area contributed by atoms with Crippen LogP contribution in [0.1, 0.15) is 22.3 Å². The summed E-state index contributed by atoms with van der Waals surface area (Å²) in [7, 11) is 0. The highest BCUT2D eigenvalue weighted by Gasteiger charge is 2.20. The molecule has 17 heavy (non-hydrogen) atoms. The molecule has 2 rings (SSSR count). The predicted molar refractivity (Wildman–Crippen MR) is 62.5 cm³/mol. The Morgan fingerprint density at radius 2 is 1.88 bits per heavy atom. The Morgan fingerprint density at radius 3 is 2.47 bits per heavy atom. The van der Waals surface area contributed by atoms with Crippen LogP contribution in [0.15, 0.2) is 28.7 Å². The summed E-state index contributed by atoms with van der Waals surface area (Å²) in [6, 6.07) is 5.19. The lowest BCUT2D eigenvalue weighted by Gasteiger charge is -2.09. The maximum Gasteiger partial charge on any atom is 0.193 e. The Bertz CT molecular complexity index is 551. The van der Waals surface area contributed by atoms with Gasteiger partial charge in [0.15, 0.2) is 5.22 Å². The minimum Gasteiger partial charge on any atom is -0.448 e. The van der Waals surface area contributed by atoms with Crippen LogP contribution in [0.2, 0.25) is 5.22 Å². The molecule has 2 aromatic rings. The van der Waals surface area contributed by atoms with Gasteiger partial charge in [-0.3, -0.25) is 0 Å². The third-order valence-electron chi connectivity index (χ3n) is 2.39. The van der Waals surface area contributed by atoms with Crippen molar-refractivity contribution in [3.8, 4) is 0 Å². The first-order valence-corrected chi connectivity index (χ1v) is 5.65. The molecule has 90 valence electrons. The van der Waals surface area contributed by atoms with Crippen molar-refractivity contribution in [3.63, 3.8) is 0 Å². The van der Waals surface area contributed by atoms with E-state index in [0.717, 1.165) is 12.1 Å². The summed E-state index contributed by atoms with van der Waals surface area (Å²) >= 11 is 11.6. The number of alkyl halides is 1. The van der Waals surface area contributed by atoms with Crippen LogP contribution in [0.4, 0.5) is 8.78 Å². The Balaban J connectivity index is 2.43. The molecule has 1 unspecified atom stereocenters. The van der Waals surface area contributed by atoms with Crippen LogP contribution in [0.25, 0.3) is 0 Å². The smallest absolute Gasteiger partial charge is 0.193 e. The fraction of sp³-hybridized carbons (Fsp3) is 0.167. The fourth-order valence-corrected chi connectivity index (χ4v) is 1.91. The summed E-state index contributed by atoms with van der Waals surface area (Å²) in [5.74, 6) is -0.806. The van der Waals surface area contributed by atoms with E-state index in [4.69, 9.17) is 27.6 Å². The maximum absolute atomic E-state index is 13.6. The Labute approximate surface area is 107 Å². The van der Waals surface area contributed by atoms with Crippen LogP contribution in [0, 0.1) is 18.6 Å². The van der Waals surface area contributed by atoms with E-state index in [0.29, 0.717) is 0 Å². The first-order valence-electron chi connectivity index (χ1n) is 4.84. The van der Waals surface area contributed by atoms with Gasteiger partial charge in [-0.1, -0.05) is 0 Å². The van der Waals surface area contributed by atoms with Crippen LogP contribution < -0.4 is 0 Å². The van der Waals surface area contributed by atoms with Gasteiger partial charge < -0.3 is 4.42 Å². The zero-order chi connectivity index (χ0) is 12.6. The summed E-state index contributed by atoms with van der Waals surface area (Å²) in [4.78, 5) is 0. The third kappa shape index (κ3) is 2.45. The summed E-state index contributed by atoms with van der Waals surface area (Å²) in [6.07, 6.45) is 0. The third-order valence-corrected chi connectivity index (χ3v) is 3.05. The zero-order valence-corrected chi connectivity index (χ0v) is 10.3. The van der Waals surface area contributed by atoms with Crippen molar-refractivity contribution in [3.05, 3.63) is 58.0 Å². The number of hydrogen-bond acceptors (Lipinski definition) is 1. The van der Waals surface area contributed by atoms with Crippen molar-refractivity contribution in [1.82, 2.24) is 0 Å². The number of hydrogen-bond donors (Lipinski definition) is 0. The largest absolute Gasteiger partial charge is 0.448 e. The van der Waals surface area contributed by atoms with Gasteiger partial charge in [-0.2, -0.15) is 0 Å². The van der Waals surface area contributed by atoms with Crippen LogP contribution in [0.3, 0.4) is 0 Å². The second-order valence-corrected chi connectivity index (χ2v) is 4.44. The predicted octanol–water partition coefficient (Wildman–Crippen LogP) is 4.85. The van der Waals surface area contributed by atoms with E-state index in [1.165, 1.54) is 19.1 Å². The SMILES string of the molecule is Cc1cc(F)c(C(Cl)c2ccc(Cl)o2)cc1F. The van der Waals surface area contributed by atoms with E-state index < -0.39 is 17.0 Å². The van der Waals surface area contributed by atoms with Gasteiger partial charge >= 0.3 is 0 Å². The molecule has 0 spiro atoms. The number of furan rings is 1. The number of rotatable bonds is 2. The van der Waals surface area contributed by atoms with Gasteiger partial charge in [0, 0.05) is 5.56 Å². The summed E-state index contributed by atoms with van der Waals surface area (Å²) in [5.41, 5.74) is 0.258. The monoisotopic (exact) mass is 276 g/mol. The average Bonchev–Trinajstić information content (AvgIpc) is 2.69. The second-order valence-electron chi connectivity index (χ2n) is 3.63. The molecule has 1 aromatic heterocycles. The van der Waals surface area contributed by atoms with E-state index in [1.807, 2.05) is 0 Å². The molecule has 1 heterocycles. The molecule has 0 N–H and O–H groups in total.